The average Bonchev–Trinajstić information content (AvgIpc) is 2.11. The number of urea groups is 1. The third-order valence-electron chi connectivity index (χ3n) is 2.58. The molecule has 19 heavy (non-hydrogen) atoms. The second kappa shape index (κ2) is 7.36. The van der Waals surface area contributed by atoms with Crippen LogP contribution in [0.25, 0.3) is 0 Å². The topological polar surface area (TPSA) is 84.2 Å². The van der Waals surface area contributed by atoms with Gasteiger partial charge in [0.1, 0.15) is 0 Å². The third-order valence-corrected chi connectivity index (χ3v) is 2.58. The molecule has 0 rings (SSSR count). The van der Waals surface area contributed by atoms with E-state index in [1.54, 1.807) is 0 Å². The lowest BCUT2D eigenvalue weighted by Gasteiger charge is -2.33. The van der Waals surface area contributed by atoms with Crippen LogP contribution < -0.4 is 16.4 Å². The van der Waals surface area contributed by atoms with Gasteiger partial charge in [0.05, 0.1) is 0 Å². The Balaban J connectivity index is 3.88. The van der Waals surface area contributed by atoms with Crippen molar-refractivity contribution >= 4 is 11.9 Å². The highest BCUT2D eigenvalue weighted by molar-refractivity contribution is 5.76. The fourth-order valence-electron chi connectivity index (χ4n) is 2.43. The van der Waals surface area contributed by atoms with Gasteiger partial charge in [-0.1, -0.05) is 20.8 Å². The molecule has 0 radical (unpaired) electrons. The minimum absolute atomic E-state index is 0.0633. The molecule has 0 aliphatic heterocycles. The molecule has 0 fully saturated rings. The van der Waals surface area contributed by atoms with Gasteiger partial charge in [-0.05, 0) is 38.5 Å². The van der Waals surface area contributed by atoms with Crippen LogP contribution in [0.3, 0.4) is 0 Å². The molecule has 0 aliphatic rings. The second-order valence-electron chi connectivity index (χ2n) is 6.92. The highest BCUT2D eigenvalue weighted by atomic mass is 16.2. The van der Waals surface area contributed by atoms with Crippen molar-refractivity contribution in [2.24, 2.45) is 11.1 Å². The van der Waals surface area contributed by atoms with Crippen molar-refractivity contribution in [2.75, 3.05) is 6.54 Å². The zero-order valence-electron chi connectivity index (χ0n) is 12.9. The number of amides is 3. The minimum atomic E-state index is -0.518. The van der Waals surface area contributed by atoms with E-state index >= 15 is 0 Å². The van der Waals surface area contributed by atoms with Crippen molar-refractivity contribution in [3.8, 4) is 0 Å². The fraction of sp³-hybridized carbons (Fsp3) is 0.857. The van der Waals surface area contributed by atoms with Crippen molar-refractivity contribution < 1.29 is 9.59 Å². The summed E-state index contributed by atoms with van der Waals surface area (Å²) in [6, 6.07) is -0.518. The van der Waals surface area contributed by atoms with E-state index in [-0.39, 0.29) is 16.9 Å². The predicted molar refractivity (Wildman–Crippen MR) is 77.7 cm³/mol. The van der Waals surface area contributed by atoms with E-state index in [4.69, 9.17) is 5.73 Å². The van der Waals surface area contributed by atoms with E-state index in [2.05, 4.69) is 31.4 Å². The summed E-state index contributed by atoms with van der Waals surface area (Å²) in [5.74, 6) is 0.0633. The van der Waals surface area contributed by atoms with Gasteiger partial charge in [0.15, 0.2) is 0 Å². The molecular weight excluding hydrogens is 242 g/mol. The number of nitrogens with two attached hydrogens (primary N) is 1. The van der Waals surface area contributed by atoms with Crippen molar-refractivity contribution in [1.29, 1.82) is 0 Å². The molecule has 112 valence electrons. The Morgan fingerprint density at radius 2 is 1.63 bits per heavy atom. The van der Waals surface area contributed by atoms with Gasteiger partial charge in [-0.3, -0.25) is 4.79 Å². The molecule has 5 nitrogen and oxygen atoms in total. The quantitative estimate of drug-likeness (QED) is 0.620. The van der Waals surface area contributed by atoms with Crippen molar-refractivity contribution in [2.45, 2.75) is 65.8 Å². The van der Waals surface area contributed by atoms with Crippen molar-refractivity contribution in [1.82, 2.24) is 10.6 Å². The number of primary amides is 1. The van der Waals surface area contributed by atoms with Crippen LogP contribution in [-0.2, 0) is 4.79 Å². The average molecular weight is 271 g/mol. The Morgan fingerprint density at radius 3 is 2.11 bits per heavy atom. The van der Waals surface area contributed by atoms with Gasteiger partial charge < -0.3 is 16.4 Å². The molecule has 0 atom stereocenters. The smallest absolute Gasteiger partial charge is 0.312 e. The molecule has 0 spiro atoms. The van der Waals surface area contributed by atoms with E-state index < -0.39 is 6.03 Å². The molecular formula is C14H29N3O2. The van der Waals surface area contributed by atoms with Crippen LogP contribution >= 0.6 is 0 Å². The van der Waals surface area contributed by atoms with Gasteiger partial charge in [0.25, 0.3) is 0 Å². The highest BCUT2D eigenvalue weighted by Gasteiger charge is 2.26. The molecule has 0 heterocycles. The van der Waals surface area contributed by atoms with E-state index in [0.29, 0.717) is 13.0 Å². The zero-order valence-corrected chi connectivity index (χ0v) is 12.9. The molecule has 0 bridgehead atoms. The van der Waals surface area contributed by atoms with E-state index in [9.17, 15) is 9.59 Å². The zero-order chi connectivity index (χ0) is 15.1. The number of carbonyl (C=O) groups is 2. The number of carbonyl (C=O) groups excluding carboxylic acids is 2. The van der Waals surface area contributed by atoms with Crippen LogP contribution in [0.5, 0.6) is 0 Å². The molecule has 0 saturated carbocycles. The predicted octanol–water partition coefficient (Wildman–Crippen LogP) is 2.16. The van der Waals surface area contributed by atoms with Crippen molar-refractivity contribution in [3.05, 3.63) is 0 Å². The summed E-state index contributed by atoms with van der Waals surface area (Å²) in [4.78, 5) is 22.3. The standard InChI is InChI=1S/C14H29N3O2/c1-13(2,3)10-14(4,5)17-11(18)8-6-7-9-16-12(15)19/h6-10H2,1-5H3,(H,17,18)(H3,15,16,19). The monoisotopic (exact) mass is 271 g/mol. The van der Waals surface area contributed by atoms with Gasteiger partial charge in [-0.2, -0.15) is 0 Å². The summed E-state index contributed by atoms with van der Waals surface area (Å²) in [6.45, 7) is 11.1. The number of nitrogens with one attached hydrogen (secondary N) is 2. The number of hydrogen-bond donors (Lipinski definition) is 3. The summed E-state index contributed by atoms with van der Waals surface area (Å²) in [5, 5.41) is 5.57. The summed E-state index contributed by atoms with van der Waals surface area (Å²) in [6.07, 6.45) is 2.91. The summed E-state index contributed by atoms with van der Waals surface area (Å²) in [5.41, 5.74) is 4.94. The number of hydrogen-bond acceptors (Lipinski definition) is 2. The molecule has 0 aliphatic carbocycles. The first-order valence-corrected chi connectivity index (χ1v) is 6.86. The second-order valence-corrected chi connectivity index (χ2v) is 6.92. The molecule has 0 aromatic heterocycles. The molecule has 5 heteroatoms. The van der Waals surface area contributed by atoms with Crippen LogP contribution in [0.2, 0.25) is 0 Å². The Labute approximate surface area is 116 Å². The first-order valence-electron chi connectivity index (χ1n) is 6.86. The lowest BCUT2D eigenvalue weighted by atomic mass is 9.82. The molecule has 3 amide bonds. The van der Waals surface area contributed by atoms with Crippen LogP contribution in [0.4, 0.5) is 4.79 Å². The van der Waals surface area contributed by atoms with Crippen LogP contribution in [0.1, 0.15) is 60.3 Å². The van der Waals surface area contributed by atoms with Gasteiger partial charge in [0, 0.05) is 18.5 Å². The molecule has 0 unspecified atom stereocenters. The van der Waals surface area contributed by atoms with E-state index in [1.165, 1.54) is 0 Å². The normalized spacial score (nSPS) is 12.1. The maximum absolute atomic E-state index is 11.8. The lowest BCUT2D eigenvalue weighted by molar-refractivity contribution is -0.123. The Morgan fingerprint density at radius 1 is 1.05 bits per heavy atom. The van der Waals surface area contributed by atoms with Gasteiger partial charge in [-0.15, -0.1) is 0 Å². The first kappa shape index (κ1) is 17.7. The lowest BCUT2D eigenvalue weighted by Crippen LogP contribution is -2.45. The Hall–Kier alpha value is -1.26. The van der Waals surface area contributed by atoms with Gasteiger partial charge >= 0.3 is 6.03 Å². The minimum Gasteiger partial charge on any atom is -0.352 e. The first-order chi connectivity index (χ1) is 8.52. The molecule has 0 saturated heterocycles. The summed E-state index contributed by atoms with van der Waals surface area (Å²) in [7, 11) is 0. The van der Waals surface area contributed by atoms with Crippen LogP contribution in [0.15, 0.2) is 0 Å². The fourth-order valence-corrected chi connectivity index (χ4v) is 2.43. The Bertz CT molecular complexity index is 306. The van der Waals surface area contributed by atoms with Gasteiger partial charge in [0.2, 0.25) is 5.91 Å². The van der Waals surface area contributed by atoms with Gasteiger partial charge in [-0.25, -0.2) is 4.79 Å². The largest absolute Gasteiger partial charge is 0.352 e. The molecule has 4 N–H and O–H groups in total. The number of rotatable bonds is 7. The third kappa shape index (κ3) is 11.6. The Kier molecular flexibility index (Phi) is 6.87. The maximum Gasteiger partial charge on any atom is 0.312 e. The van der Waals surface area contributed by atoms with Crippen LogP contribution in [0, 0.1) is 5.41 Å². The molecule has 0 aromatic carbocycles. The number of unbranched alkanes of at least 4 members (excludes halogenated alkanes) is 1. The van der Waals surface area contributed by atoms with Crippen molar-refractivity contribution in [3.63, 3.8) is 0 Å². The summed E-state index contributed by atoms with van der Waals surface area (Å²) < 4.78 is 0. The highest BCUT2D eigenvalue weighted by Crippen LogP contribution is 2.26. The van der Waals surface area contributed by atoms with E-state index in [0.717, 1.165) is 19.3 Å². The molecule has 0 aromatic rings. The SMILES string of the molecule is CC(C)(C)CC(C)(C)NC(=O)CCCCNC(N)=O. The summed E-state index contributed by atoms with van der Waals surface area (Å²) >= 11 is 0. The maximum atomic E-state index is 11.8. The van der Waals surface area contributed by atoms with E-state index in [1.807, 2.05) is 13.8 Å². The van der Waals surface area contributed by atoms with Crippen LogP contribution in [-0.4, -0.2) is 24.0 Å².